The molecule has 1 saturated heterocycles. The van der Waals surface area contributed by atoms with Crippen molar-refractivity contribution in [1.82, 2.24) is 9.21 Å². The van der Waals surface area contributed by atoms with Crippen LogP contribution in [-0.4, -0.2) is 62.7 Å². The number of ether oxygens (including phenoxy) is 1. The summed E-state index contributed by atoms with van der Waals surface area (Å²) in [6.07, 6.45) is 3.20. The molecule has 3 rings (SSSR count). The zero-order chi connectivity index (χ0) is 20.5. The lowest BCUT2D eigenvalue weighted by molar-refractivity contribution is -0.137. The number of carbonyl (C=O) groups is 2. The molecule has 9 heteroatoms. The van der Waals surface area contributed by atoms with E-state index in [9.17, 15) is 18.0 Å². The maximum Gasteiger partial charge on any atom is 0.247 e. The van der Waals surface area contributed by atoms with Gasteiger partial charge in [-0.2, -0.15) is 0 Å². The van der Waals surface area contributed by atoms with Gasteiger partial charge in [0.1, 0.15) is 16.7 Å². The fourth-order valence-electron chi connectivity index (χ4n) is 3.35. The average molecular weight is 410 g/mol. The molecule has 154 valence electrons. The minimum Gasteiger partial charge on any atom is -0.492 e. The van der Waals surface area contributed by atoms with Crippen LogP contribution in [0.4, 0.5) is 5.69 Å². The van der Waals surface area contributed by atoms with Gasteiger partial charge in [-0.1, -0.05) is 0 Å². The first-order valence-electron chi connectivity index (χ1n) is 9.56. The summed E-state index contributed by atoms with van der Waals surface area (Å²) in [6.45, 7) is 2.69. The van der Waals surface area contributed by atoms with Crippen molar-refractivity contribution < 1.29 is 22.7 Å². The van der Waals surface area contributed by atoms with E-state index in [0.717, 1.165) is 23.6 Å². The van der Waals surface area contributed by atoms with Crippen molar-refractivity contribution in [2.45, 2.75) is 43.5 Å². The summed E-state index contributed by atoms with van der Waals surface area (Å²) in [5, 5.41) is 2.78. The molecule has 2 amide bonds. The van der Waals surface area contributed by atoms with E-state index in [1.807, 2.05) is 0 Å². The Kier molecular flexibility index (Phi) is 5.95. The van der Waals surface area contributed by atoms with Gasteiger partial charge in [0.05, 0.1) is 6.61 Å². The Labute approximate surface area is 165 Å². The minimum atomic E-state index is -3.74. The van der Waals surface area contributed by atoms with Crippen molar-refractivity contribution in [2.24, 2.45) is 5.92 Å². The Morgan fingerprint density at radius 3 is 2.57 bits per heavy atom. The summed E-state index contributed by atoms with van der Waals surface area (Å²) >= 11 is 0. The number of hydrogen-bond donors (Lipinski definition) is 1. The van der Waals surface area contributed by atoms with Crippen LogP contribution in [0.2, 0.25) is 0 Å². The second-order valence-corrected chi connectivity index (χ2v) is 9.46. The Hall–Kier alpha value is -2.13. The van der Waals surface area contributed by atoms with E-state index in [0.29, 0.717) is 25.3 Å². The first-order valence-corrected chi connectivity index (χ1v) is 11.0. The highest BCUT2D eigenvalue weighted by molar-refractivity contribution is 7.89. The highest BCUT2D eigenvalue weighted by Crippen LogP contribution is 2.34. The highest BCUT2D eigenvalue weighted by Gasteiger charge is 2.40. The zero-order valence-corrected chi connectivity index (χ0v) is 17.3. The maximum absolute atomic E-state index is 12.8. The molecule has 2 aliphatic rings. The summed E-state index contributed by atoms with van der Waals surface area (Å²) in [7, 11) is -0.860. The summed E-state index contributed by atoms with van der Waals surface area (Å²) in [5.74, 6) is 0.0698. The Morgan fingerprint density at radius 1 is 1.25 bits per heavy atom. The van der Waals surface area contributed by atoms with E-state index in [1.54, 1.807) is 17.9 Å². The third-order valence-electron chi connectivity index (χ3n) is 5.03. The van der Waals surface area contributed by atoms with Gasteiger partial charge in [-0.15, -0.1) is 0 Å². The Balaban J connectivity index is 1.81. The summed E-state index contributed by atoms with van der Waals surface area (Å²) in [5.41, 5.74) is 0.361. The monoisotopic (exact) mass is 409 g/mol. The number of likely N-dealkylation sites (tertiary alicyclic amines) is 1. The molecular weight excluding hydrogens is 382 g/mol. The number of sulfonamides is 1. The molecule has 1 aromatic carbocycles. The number of benzene rings is 1. The van der Waals surface area contributed by atoms with E-state index in [1.165, 1.54) is 26.2 Å². The lowest BCUT2D eigenvalue weighted by Gasteiger charge is -2.24. The molecule has 0 bridgehead atoms. The van der Waals surface area contributed by atoms with Gasteiger partial charge < -0.3 is 15.0 Å². The Morgan fingerprint density at radius 2 is 1.96 bits per heavy atom. The zero-order valence-electron chi connectivity index (χ0n) is 16.5. The topological polar surface area (TPSA) is 96.0 Å². The van der Waals surface area contributed by atoms with Gasteiger partial charge in [0.25, 0.3) is 0 Å². The molecule has 1 aliphatic heterocycles. The molecule has 0 aromatic heterocycles. The standard InChI is InChI=1S/C19H27N3O5S/c1-4-27-16-10-9-14(12-17(16)28(25,26)21(2)3)20-18(23)15-6-5-11-22(15)19(24)13-7-8-13/h9-10,12-13,15H,4-8,11H2,1-3H3,(H,20,23). The fraction of sp³-hybridized carbons (Fsp3) is 0.579. The minimum absolute atomic E-state index is 0.00511. The van der Waals surface area contributed by atoms with Crippen LogP contribution < -0.4 is 10.1 Å². The molecule has 28 heavy (non-hydrogen) atoms. The van der Waals surface area contributed by atoms with E-state index in [2.05, 4.69) is 5.32 Å². The number of amides is 2. The van der Waals surface area contributed by atoms with Crippen LogP contribution in [0, 0.1) is 5.92 Å². The molecule has 1 unspecified atom stereocenters. The quantitative estimate of drug-likeness (QED) is 0.739. The van der Waals surface area contributed by atoms with Crippen molar-refractivity contribution in [3.63, 3.8) is 0 Å². The van der Waals surface area contributed by atoms with Gasteiger partial charge in [-0.3, -0.25) is 9.59 Å². The first kappa shape index (κ1) is 20.6. The summed E-state index contributed by atoms with van der Waals surface area (Å²) < 4.78 is 31.8. The van der Waals surface area contributed by atoms with E-state index < -0.39 is 16.1 Å². The van der Waals surface area contributed by atoms with Crippen molar-refractivity contribution in [3.05, 3.63) is 18.2 Å². The second-order valence-electron chi connectivity index (χ2n) is 7.34. The van der Waals surface area contributed by atoms with Gasteiger partial charge in [-0.25, -0.2) is 12.7 Å². The number of nitrogens with one attached hydrogen (secondary N) is 1. The predicted molar refractivity (Wildman–Crippen MR) is 105 cm³/mol. The number of carbonyl (C=O) groups excluding carboxylic acids is 2. The summed E-state index contributed by atoms with van der Waals surface area (Å²) in [4.78, 5) is 26.8. The largest absolute Gasteiger partial charge is 0.492 e. The van der Waals surface area contributed by atoms with Crippen LogP contribution in [0.1, 0.15) is 32.6 Å². The van der Waals surface area contributed by atoms with Crippen LogP contribution in [0.5, 0.6) is 5.75 Å². The molecule has 1 N–H and O–H groups in total. The Bertz CT molecular complexity index is 864. The van der Waals surface area contributed by atoms with Crippen LogP contribution in [0.15, 0.2) is 23.1 Å². The van der Waals surface area contributed by atoms with Crippen molar-refractivity contribution in [2.75, 3.05) is 32.6 Å². The van der Waals surface area contributed by atoms with Crippen LogP contribution in [0.3, 0.4) is 0 Å². The third kappa shape index (κ3) is 4.15. The van der Waals surface area contributed by atoms with E-state index in [4.69, 9.17) is 4.74 Å². The number of nitrogens with zero attached hydrogens (tertiary/aromatic N) is 2. The van der Waals surface area contributed by atoms with Crippen LogP contribution in [-0.2, 0) is 19.6 Å². The van der Waals surface area contributed by atoms with E-state index >= 15 is 0 Å². The number of hydrogen-bond acceptors (Lipinski definition) is 5. The number of rotatable bonds is 7. The van der Waals surface area contributed by atoms with Gasteiger partial charge in [0, 0.05) is 32.2 Å². The summed E-state index contributed by atoms with van der Waals surface area (Å²) in [6, 6.07) is 4.05. The second kappa shape index (κ2) is 8.08. The average Bonchev–Trinajstić information content (AvgIpc) is 3.38. The molecule has 1 atom stereocenters. The van der Waals surface area contributed by atoms with Crippen molar-refractivity contribution >= 4 is 27.5 Å². The van der Waals surface area contributed by atoms with Gasteiger partial charge in [0.2, 0.25) is 21.8 Å². The molecule has 0 spiro atoms. The van der Waals surface area contributed by atoms with Gasteiger partial charge in [-0.05, 0) is 50.8 Å². The SMILES string of the molecule is CCOc1ccc(NC(=O)C2CCCN2C(=O)C2CC2)cc1S(=O)(=O)N(C)C. The smallest absolute Gasteiger partial charge is 0.247 e. The highest BCUT2D eigenvalue weighted by atomic mass is 32.2. The van der Waals surface area contributed by atoms with Crippen molar-refractivity contribution in [1.29, 1.82) is 0 Å². The number of anilines is 1. The molecule has 1 saturated carbocycles. The molecule has 1 heterocycles. The normalized spacial score (nSPS) is 19.7. The van der Waals surface area contributed by atoms with Crippen LogP contribution in [0.25, 0.3) is 0 Å². The fourth-order valence-corrected chi connectivity index (χ4v) is 4.40. The first-order chi connectivity index (χ1) is 13.3. The third-order valence-corrected chi connectivity index (χ3v) is 6.87. The molecule has 0 radical (unpaired) electrons. The lowest BCUT2D eigenvalue weighted by Crippen LogP contribution is -2.43. The predicted octanol–water partition coefficient (Wildman–Crippen LogP) is 1.68. The molecule has 1 aromatic rings. The molecule has 8 nitrogen and oxygen atoms in total. The van der Waals surface area contributed by atoms with E-state index in [-0.39, 0.29) is 28.4 Å². The molecular formula is C19H27N3O5S. The lowest BCUT2D eigenvalue weighted by atomic mass is 10.2. The van der Waals surface area contributed by atoms with Gasteiger partial charge in [0.15, 0.2) is 0 Å². The van der Waals surface area contributed by atoms with Gasteiger partial charge >= 0.3 is 0 Å². The maximum atomic E-state index is 12.8. The molecule has 1 aliphatic carbocycles. The van der Waals surface area contributed by atoms with Crippen molar-refractivity contribution in [3.8, 4) is 5.75 Å². The van der Waals surface area contributed by atoms with Crippen LogP contribution >= 0.6 is 0 Å². The molecule has 2 fully saturated rings.